The van der Waals surface area contributed by atoms with E-state index in [1.165, 1.54) is 19.3 Å². The molecule has 8 nitrogen and oxygen atoms in total. The first-order valence-corrected chi connectivity index (χ1v) is 21.9. The average molecular weight is 772 g/mol. The molecule has 8 heteroatoms. The second-order valence-electron chi connectivity index (χ2n) is 20.4. The van der Waals surface area contributed by atoms with Gasteiger partial charge in [-0.2, -0.15) is 0 Å². The van der Waals surface area contributed by atoms with E-state index in [-0.39, 0.29) is 72.5 Å². The van der Waals surface area contributed by atoms with Gasteiger partial charge in [-0.1, -0.05) is 91.6 Å². The highest BCUT2D eigenvalue weighted by Gasteiger charge is 2.56. The third-order valence-electron chi connectivity index (χ3n) is 13.9. The molecule has 1 saturated heterocycles. The molecule has 1 aromatic rings. The predicted octanol–water partition coefficient (Wildman–Crippen LogP) is 9.25. The van der Waals surface area contributed by atoms with Gasteiger partial charge in [0.15, 0.2) is 11.6 Å². The fourth-order valence-electron chi connectivity index (χ4n) is 11.7. The van der Waals surface area contributed by atoms with Crippen LogP contribution in [0.5, 0.6) is 0 Å². The van der Waals surface area contributed by atoms with Crippen LogP contribution < -0.4 is 0 Å². The van der Waals surface area contributed by atoms with E-state index in [1.807, 2.05) is 58.0 Å². The van der Waals surface area contributed by atoms with E-state index in [2.05, 4.69) is 6.92 Å². The van der Waals surface area contributed by atoms with Crippen molar-refractivity contribution in [3.8, 4) is 0 Å². The highest BCUT2D eigenvalue weighted by Crippen LogP contribution is 2.66. The zero-order valence-electron chi connectivity index (χ0n) is 35.5. The van der Waals surface area contributed by atoms with Crippen molar-refractivity contribution in [1.29, 1.82) is 0 Å². The van der Waals surface area contributed by atoms with Crippen LogP contribution in [0.4, 0.5) is 0 Å². The molecule has 0 spiro atoms. The number of hydrogen-bond acceptors (Lipinski definition) is 7. The molecule has 6 rings (SSSR count). The molecule has 5 fully saturated rings. The van der Waals surface area contributed by atoms with Gasteiger partial charge in [0.25, 0.3) is 0 Å². The van der Waals surface area contributed by atoms with E-state index in [0.29, 0.717) is 44.1 Å². The van der Waals surface area contributed by atoms with Gasteiger partial charge in [-0.3, -0.25) is 33.6 Å². The molecule has 3 unspecified atom stereocenters. The Morgan fingerprint density at radius 1 is 0.857 bits per heavy atom. The Hall–Kier alpha value is -3.29. The smallest absolute Gasteiger partial charge is 0.227 e. The van der Waals surface area contributed by atoms with Gasteiger partial charge in [0.05, 0.1) is 6.04 Å². The molecule has 0 radical (unpaired) electrons. The first-order valence-electron chi connectivity index (χ1n) is 21.9. The normalized spacial score (nSPS) is 27.2. The van der Waals surface area contributed by atoms with Crippen molar-refractivity contribution in [3.63, 3.8) is 0 Å². The molecule has 56 heavy (non-hydrogen) atoms. The van der Waals surface area contributed by atoms with Crippen molar-refractivity contribution in [1.82, 2.24) is 4.90 Å². The number of rotatable bonds is 21. The Morgan fingerprint density at radius 3 is 2.11 bits per heavy atom. The summed E-state index contributed by atoms with van der Waals surface area (Å²) in [6.45, 7) is 14.4. The molecule has 0 aromatic heterocycles. The topological polar surface area (TPSA) is 123 Å². The summed E-state index contributed by atoms with van der Waals surface area (Å²) in [6.07, 6.45) is 10.4. The van der Waals surface area contributed by atoms with Gasteiger partial charge in [-0.15, -0.1) is 0 Å². The highest BCUT2D eigenvalue weighted by atomic mass is 16.2. The van der Waals surface area contributed by atoms with E-state index < -0.39 is 40.8 Å². The second kappa shape index (κ2) is 18.1. The summed E-state index contributed by atoms with van der Waals surface area (Å²) < 4.78 is 0. The summed E-state index contributed by atoms with van der Waals surface area (Å²) in [4.78, 5) is 97.1. The maximum absolute atomic E-state index is 14.4. The van der Waals surface area contributed by atoms with Crippen molar-refractivity contribution in [2.24, 2.45) is 45.8 Å². The van der Waals surface area contributed by atoms with Crippen LogP contribution in [0.1, 0.15) is 169 Å². The van der Waals surface area contributed by atoms with Gasteiger partial charge >= 0.3 is 0 Å². The summed E-state index contributed by atoms with van der Waals surface area (Å²) in [5, 5.41) is 0. The van der Waals surface area contributed by atoms with Crippen LogP contribution in [-0.4, -0.2) is 58.1 Å². The van der Waals surface area contributed by atoms with E-state index in [0.717, 1.165) is 43.1 Å². The summed E-state index contributed by atoms with van der Waals surface area (Å²) in [5.74, 6) is -2.62. The standard InChI is InChI=1S/C48H69NO7/c1-8-9-14-35(44(55)41(52)19-18-36(50)23-38(43(54)31(2)3)34-15-11-10-12-16-34)22-42(53)40-17-13-20-49(40)45(56)39(46(4,5)6)24-37(51)29-48-27-32-21-33(28-48)26-47(7,25-32)30-48/h10-12,15-16,31-33,35,38-40H,8-9,13-14,17-30H2,1-7H3/t32?,33?,35?,38-,39+,40-,47?,48?/m0/s1. The Labute approximate surface area is 336 Å². The molecule has 6 atom stereocenters. The van der Waals surface area contributed by atoms with Crippen LogP contribution in [0.3, 0.4) is 0 Å². The second-order valence-corrected chi connectivity index (χ2v) is 20.4. The minimum absolute atomic E-state index is 0.0335. The lowest BCUT2D eigenvalue weighted by Crippen LogP contribution is -2.51. The Bertz CT molecular complexity index is 1620. The third kappa shape index (κ3) is 10.6. The van der Waals surface area contributed by atoms with Gasteiger partial charge in [0, 0.05) is 68.7 Å². The number of unbranched alkanes of at least 4 members (excludes halogenated alkanes) is 1. The minimum atomic E-state index is -0.815. The molecule has 4 bridgehead atoms. The summed E-state index contributed by atoms with van der Waals surface area (Å²) in [7, 11) is 0. The lowest BCUT2D eigenvalue weighted by atomic mass is 9.44. The van der Waals surface area contributed by atoms with Crippen LogP contribution in [0.25, 0.3) is 0 Å². The molecule has 1 amide bonds. The zero-order chi connectivity index (χ0) is 41.0. The molecular weight excluding hydrogens is 703 g/mol. The maximum atomic E-state index is 14.4. The fraction of sp³-hybridized carbons (Fsp3) is 0.729. The summed E-state index contributed by atoms with van der Waals surface area (Å²) in [5.41, 5.74) is 0.678. The number of Topliss-reactive ketones (excluding diaryl/α,β-unsaturated/α-hetero) is 6. The minimum Gasteiger partial charge on any atom is -0.332 e. The van der Waals surface area contributed by atoms with Crippen molar-refractivity contribution >= 4 is 40.6 Å². The van der Waals surface area contributed by atoms with Gasteiger partial charge in [-0.25, -0.2) is 0 Å². The molecular formula is C48H69NO7. The number of likely N-dealkylation sites (tertiary alicyclic amines) is 1. The third-order valence-corrected chi connectivity index (χ3v) is 13.9. The highest BCUT2D eigenvalue weighted by molar-refractivity contribution is 6.38. The number of hydrogen-bond donors (Lipinski definition) is 0. The number of carbonyl (C=O) groups is 7. The SMILES string of the molecule is CCCCC(CC(=O)[C@@H]1CCCN1C(=O)[C@@H](CC(=O)CC12CC3CC(CC(C)(C3)C1)C2)C(C)(C)C)C(=O)C(=O)CCC(=O)C[C@H](C(=O)C(C)C)c1ccccc1. The fourth-order valence-corrected chi connectivity index (χ4v) is 11.7. The van der Waals surface area contributed by atoms with Crippen molar-refractivity contribution in [3.05, 3.63) is 35.9 Å². The Morgan fingerprint density at radius 2 is 1.52 bits per heavy atom. The summed E-state index contributed by atoms with van der Waals surface area (Å²) in [6, 6.07) is 8.47. The van der Waals surface area contributed by atoms with Crippen LogP contribution in [0.15, 0.2) is 30.3 Å². The first kappa shape index (κ1) is 43.8. The van der Waals surface area contributed by atoms with Crippen molar-refractivity contribution < 1.29 is 33.6 Å². The largest absolute Gasteiger partial charge is 0.332 e. The van der Waals surface area contributed by atoms with Crippen LogP contribution in [0, 0.1) is 45.8 Å². The number of ketones is 6. The maximum Gasteiger partial charge on any atom is 0.227 e. The number of carbonyl (C=O) groups excluding carboxylic acids is 7. The number of benzene rings is 1. The van der Waals surface area contributed by atoms with E-state index in [1.54, 1.807) is 18.7 Å². The van der Waals surface area contributed by atoms with E-state index in [4.69, 9.17) is 0 Å². The van der Waals surface area contributed by atoms with Gasteiger partial charge in [-0.05, 0) is 91.4 Å². The first-order chi connectivity index (χ1) is 26.3. The van der Waals surface area contributed by atoms with Crippen LogP contribution >= 0.6 is 0 Å². The molecule has 308 valence electrons. The van der Waals surface area contributed by atoms with E-state index >= 15 is 0 Å². The van der Waals surface area contributed by atoms with Crippen molar-refractivity contribution in [2.45, 2.75) is 170 Å². The monoisotopic (exact) mass is 772 g/mol. The molecule has 4 saturated carbocycles. The van der Waals surface area contributed by atoms with Crippen molar-refractivity contribution in [2.75, 3.05) is 6.54 Å². The Balaban J connectivity index is 1.20. The molecule has 1 aromatic carbocycles. The number of amides is 1. The van der Waals surface area contributed by atoms with Crippen LogP contribution in [-0.2, 0) is 33.6 Å². The molecule has 4 aliphatic carbocycles. The zero-order valence-corrected chi connectivity index (χ0v) is 35.5. The molecule has 5 aliphatic rings. The average Bonchev–Trinajstić information content (AvgIpc) is 3.62. The van der Waals surface area contributed by atoms with Gasteiger partial charge < -0.3 is 4.90 Å². The quantitative estimate of drug-likeness (QED) is 0.114. The lowest BCUT2D eigenvalue weighted by molar-refractivity contribution is -0.148. The molecule has 1 aliphatic heterocycles. The molecule has 1 heterocycles. The van der Waals surface area contributed by atoms with E-state index in [9.17, 15) is 33.6 Å². The number of nitrogens with zero attached hydrogens (tertiary/aromatic N) is 1. The predicted molar refractivity (Wildman–Crippen MR) is 218 cm³/mol. The van der Waals surface area contributed by atoms with Crippen LogP contribution in [0.2, 0.25) is 0 Å². The van der Waals surface area contributed by atoms with Gasteiger partial charge in [0.1, 0.15) is 17.3 Å². The molecule has 0 N–H and O–H groups in total. The summed E-state index contributed by atoms with van der Waals surface area (Å²) >= 11 is 0. The Kier molecular flexibility index (Phi) is 14.2. The van der Waals surface area contributed by atoms with Gasteiger partial charge in [0.2, 0.25) is 11.7 Å². The lowest BCUT2D eigenvalue weighted by Gasteiger charge is -2.61.